The molecule has 1 aromatic heterocycles. The molecule has 0 amide bonds. The summed E-state index contributed by atoms with van der Waals surface area (Å²) in [7, 11) is 1.63. The zero-order valence-corrected chi connectivity index (χ0v) is 16.8. The van der Waals surface area contributed by atoms with Crippen LogP contribution in [0.25, 0.3) is 0 Å². The lowest BCUT2D eigenvalue weighted by Crippen LogP contribution is -1.94. The van der Waals surface area contributed by atoms with Gasteiger partial charge in [-0.1, -0.05) is 6.07 Å². The minimum Gasteiger partial charge on any atom is -0.497 e. The summed E-state index contributed by atoms with van der Waals surface area (Å²) in [6.45, 7) is 0.513. The van der Waals surface area contributed by atoms with Gasteiger partial charge in [-0.05, 0) is 73.6 Å². The summed E-state index contributed by atoms with van der Waals surface area (Å²) in [5.74, 6) is 3.03. The van der Waals surface area contributed by atoms with E-state index in [9.17, 15) is 0 Å². The molecule has 2 aromatic carbocycles. The SMILES string of the molecule is COc1cccc(Oc2ccc(OCc3csc(Br)c3Br)cc2)c1. The number of hydrogen-bond acceptors (Lipinski definition) is 4. The standard InChI is InChI=1S/C18H14Br2O3S/c1-21-15-3-2-4-16(9-15)23-14-7-5-13(6-8-14)22-10-12-11-24-18(20)17(12)19/h2-9,11H,10H2,1H3. The second-order valence-electron chi connectivity index (χ2n) is 4.89. The molecule has 0 N–H and O–H groups in total. The van der Waals surface area contributed by atoms with Crippen LogP contribution in [0.15, 0.2) is 62.2 Å². The highest BCUT2D eigenvalue weighted by Gasteiger charge is 2.07. The molecule has 3 aromatic rings. The number of thiophene rings is 1. The van der Waals surface area contributed by atoms with Gasteiger partial charge in [0, 0.05) is 16.1 Å². The molecule has 6 heteroatoms. The topological polar surface area (TPSA) is 27.7 Å². The lowest BCUT2D eigenvalue weighted by molar-refractivity contribution is 0.305. The van der Waals surface area contributed by atoms with Crippen LogP contribution < -0.4 is 14.2 Å². The van der Waals surface area contributed by atoms with Crippen molar-refractivity contribution in [3.8, 4) is 23.0 Å². The Hall–Kier alpha value is -1.50. The van der Waals surface area contributed by atoms with Crippen molar-refractivity contribution in [2.24, 2.45) is 0 Å². The van der Waals surface area contributed by atoms with E-state index < -0.39 is 0 Å². The fourth-order valence-corrected chi connectivity index (χ4v) is 3.88. The van der Waals surface area contributed by atoms with Crippen LogP contribution in [0.4, 0.5) is 0 Å². The van der Waals surface area contributed by atoms with Gasteiger partial charge in [0.2, 0.25) is 0 Å². The van der Waals surface area contributed by atoms with Crippen molar-refractivity contribution in [2.45, 2.75) is 6.61 Å². The molecule has 24 heavy (non-hydrogen) atoms. The minimum atomic E-state index is 0.513. The average molecular weight is 470 g/mol. The molecule has 3 nitrogen and oxygen atoms in total. The minimum absolute atomic E-state index is 0.513. The number of ether oxygens (including phenoxy) is 3. The third-order valence-corrected chi connectivity index (χ3v) is 6.73. The first-order chi connectivity index (χ1) is 11.7. The molecule has 124 valence electrons. The fourth-order valence-electron chi connectivity index (χ4n) is 2.02. The van der Waals surface area contributed by atoms with Crippen LogP contribution >= 0.6 is 43.2 Å². The summed E-state index contributed by atoms with van der Waals surface area (Å²) in [6.07, 6.45) is 0. The highest BCUT2D eigenvalue weighted by atomic mass is 79.9. The van der Waals surface area contributed by atoms with Crippen LogP contribution in [0.2, 0.25) is 0 Å². The zero-order valence-electron chi connectivity index (χ0n) is 12.8. The third kappa shape index (κ3) is 4.32. The van der Waals surface area contributed by atoms with E-state index in [2.05, 4.69) is 37.2 Å². The van der Waals surface area contributed by atoms with E-state index in [0.29, 0.717) is 6.61 Å². The van der Waals surface area contributed by atoms with Crippen molar-refractivity contribution in [3.63, 3.8) is 0 Å². The Bertz CT molecular complexity index is 815. The van der Waals surface area contributed by atoms with E-state index in [4.69, 9.17) is 14.2 Å². The molecule has 0 unspecified atom stereocenters. The monoisotopic (exact) mass is 468 g/mol. The summed E-state index contributed by atoms with van der Waals surface area (Å²) in [5.41, 5.74) is 1.11. The van der Waals surface area contributed by atoms with Crippen molar-refractivity contribution >= 4 is 43.2 Å². The third-order valence-electron chi connectivity index (χ3n) is 3.25. The first-order valence-electron chi connectivity index (χ1n) is 7.12. The van der Waals surface area contributed by atoms with Crippen molar-refractivity contribution in [2.75, 3.05) is 7.11 Å². The Balaban J connectivity index is 1.61. The molecule has 0 saturated heterocycles. The summed E-state index contributed by atoms with van der Waals surface area (Å²) in [4.78, 5) is 0. The molecule has 0 aliphatic carbocycles. The molecule has 3 rings (SSSR count). The highest BCUT2D eigenvalue weighted by Crippen LogP contribution is 2.34. The summed E-state index contributed by atoms with van der Waals surface area (Å²) >= 11 is 8.65. The normalized spacial score (nSPS) is 10.5. The van der Waals surface area contributed by atoms with E-state index in [-0.39, 0.29) is 0 Å². The highest BCUT2D eigenvalue weighted by molar-refractivity contribution is 9.13. The lowest BCUT2D eigenvalue weighted by Gasteiger charge is -2.09. The molecule has 0 bridgehead atoms. The van der Waals surface area contributed by atoms with E-state index in [0.717, 1.165) is 36.8 Å². The van der Waals surface area contributed by atoms with E-state index in [1.807, 2.05) is 48.5 Å². The lowest BCUT2D eigenvalue weighted by atomic mass is 10.3. The Morgan fingerprint density at radius 2 is 1.62 bits per heavy atom. The largest absolute Gasteiger partial charge is 0.497 e. The first kappa shape index (κ1) is 17.3. The predicted molar refractivity (Wildman–Crippen MR) is 104 cm³/mol. The second-order valence-corrected chi connectivity index (χ2v) is 7.88. The summed E-state index contributed by atoms with van der Waals surface area (Å²) in [5, 5.41) is 2.06. The average Bonchev–Trinajstić information content (AvgIpc) is 2.93. The van der Waals surface area contributed by atoms with Crippen molar-refractivity contribution in [1.29, 1.82) is 0 Å². The van der Waals surface area contributed by atoms with Crippen LogP contribution in [0.1, 0.15) is 5.56 Å². The van der Waals surface area contributed by atoms with Gasteiger partial charge < -0.3 is 14.2 Å². The van der Waals surface area contributed by atoms with Gasteiger partial charge in [-0.3, -0.25) is 0 Å². The van der Waals surface area contributed by atoms with E-state index >= 15 is 0 Å². The number of benzene rings is 2. The number of hydrogen-bond donors (Lipinski definition) is 0. The number of halogens is 2. The van der Waals surface area contributed by atoms with Gasteiger partial charge in [-0.2, -0.15) is 0 Å². The van der Waals surface area contributed by atoms with Crippen molar-refractivity contribution < 1.29 is 14.2 Å². The van der Waals surface area contributed by atoms with Crippen LogP contribution in [-0.2, 0) is 6.61 Å². The van der Waals surface area contributed by atoms with Gasteiger partial charge in [0.25, 0.3) is 0 Å². The van der Waals surface area contributed by atoms with Crippen LogP contribution in [0.5, 0.6) is 23.0 Å². The maximum Gasteiger partial charge on any atom is 0.131 e. The van der Waals surface area contributed by atoms with E-state index in [1.54, 1.807) is 18.4 Å². The second kappa shape index (κ2) is 8.05. The van der Waals surface area contributed by atoms with Crippen LogP contribution in [-0.4, -0.2) is 7.11 Å². The van der Waals surface area contributed by atoms with Gasteiger partial charge in [0.05, 0.1) is 10.9 Å². The molecule has 0 aliphatic heterocycles. The number of methoxy groups -OCH3 is 1. The summed E-state index contributed by atoms with van der Waals surface area (Å²) < 4.78 is 18.9. The summed E-state index contributed by atoms with van der Waals surface area (Å²) in [6, 6.07) is 15.1. The maximum absolute atomic E-state index is 5.81. The van der Waals surface area contributed by atoms with Crippen molar-refractivity contribution in [1.82, 2.24) is 0 Å². The molecule has 1 heterocycles. The van der Waals surface area contributed by atoms with E-state index in [1.165, 1.54) is 0 Å². The van der Waals surface area contributed by atoms with Gasteiger partial charge in [-0.15, -0.1) is 11.3 Å². The van der Waals surface area contributed by atoms with Gasteiger partial charge in [-0.25, -0.2) is 0 Å². The van der Waals surface area contributed by atoms with Crippen LogP contribution in [0, 0.1) is 0 Å². The molecule has 0 radical (unpaired) electrons. The van der Waals surface area contributed by atoms with Gasteiger partial charge in [0.15, 0.2) is 0 Å². The molecule has 0 spiro atoms. The Morgan fingerprint density at radius 3 is 2.29 bits per heavy atom. The number of rotatable bonds is 6. The molecule has 0 atom stereocenters. The molecule has 0 saturated carbocycles. The molecular weight excluding hydrogens is 456 g/mol. The quantitative estimate of drug-likeness (QED) is 0.404. The Labute approximate surface area is 161 Å². The Morgan fingerprint density at radius 1 is 0.917 bits per heavy atom. The zero-order chi connectivity index (χ0) is 16.9. The molecular formula is C18H14Br2O3S. The van der Waals surface area contributed by atoms with Crippen LogP contribution in [0.3, 0.4) is 0 Å². The predicted octanol–water partition coefficient (Wildman–Crippen LogP) is 6.65. The molecule has 0 fully saturated rings. The molecule has 0 aliphatic rings. The Kier molecular flexibility index (Phi) is 5.81. The first-order valence-corrected chi connectivity index (χ1v) is 9.58. The van der Waals surface area contributed by atoms with Crippen molar-refractivity contribution in [3.05, 3.63) is 67.7 Å². The maximum atomic E-state index is 5.81. The smallest absolute Gasteiger partial charge is 0.131 e. The van der Waals surface area contributed by atoms with Gasteiger partial charge >= 0.3 is 0 Å². The van der Waals surface area contributed by atoms with Gasteiger partial charge in [0.1, 0.15) is 29.6 Å². The fraction of sp³-hybridized carbons (Fsp3) is 0.111.